The van der Waals surface area contributed by atoms with Crippen molar-refractivity contribution in [2.45, 2.75) is 27.2 Å². The largest absolute Gasteiger partial charge is 0.373 e. The van der Waals surface area contributed by atoms with Crippen molar-refractivity contribution in [2.75, 3.05) is 12.4 Å². The maximum Gasteiger partial charge on any atom is 0.171 e. The lowest BCUT2D eigenvalue weighted by Gasteiger charge is -2.10. The summed E-state index contributed by atoms with van der Waals surface area (Å²) in [7, 11) is 1.91. The fraction of sp³-hybridized carbons (Fsp3) is 0.385. The molecular formula is C13H17N3S. The summed E-state index contributed by atoms with van der Waals surface area (Å²) in [5, 5.41) is 3.16. The van der Waals surface area contributed by atoms with Gasteiger partial charge in [-0.25, -0.2) is 9.97 Å². The molecule has 1 N–H and O–H groups in total. The number of nitrogens with zero attached hydrogens (tertiary/aromatic N) is 2. The monoisotopic (exact) mass is 247 g/mol. The van der Waals surface area contributed by atoms with Gasteiger partial charge in [-0.3, -0.25) is 0 Å². The predicted molar refractivity (Wildman–Crippen MR) is 73.7 cm³/mol. The third-order valence-electron chi connectivity index (χ3n) is 2.76. The maximum atomic E-state index is 4.60. The Morgan fingerprint density at radius 1 is 1.24 bits per heavy atom. The first-order valence-electron chi connectivity index (χ1n) is 5.77. The van der Waals surface area contributed by atoms with Crippen LogP contribution in [0, 0.1) is 13.8 Å². The van der Waals surface area contributed by atoms with Gasteiger partial charge >= 0.3 is 0 Å². The Morgan fingerprint density at radius 3 is 2.53 bits per heavy atom. The van der Waals surface area contributed by atoms with Gasteiger partial charge in [0.05, 0.1) is 4.88 Å². The summed E-state index contributed by atoms with van der Waals surface area (Å²) in [5.41, 5.74) is 2.26. The molecule has 90 valence electrons. The highest BCUT2D eigenvalue weighted by atomic mass is 32.1. The Bertz CT molecular complexity index is 531. The highest BCUT2D eigenvalue weighted by Gasteiger charge is 2.11. The maximum absolute atomic E-state index is 4.60. The second-order valence-corrected chi connectivity index (χ2v) is 5.26. The number of thiophene rings is 1. The molecule has 0 aliphatic heterocycles. The van der Waals surface area contributed by atoms with E-state index in [-0.39, 0.29) is 0 Å². The molecule has 2 heterocycles. The molecule has 0 saturated carbocycles. The van der Waals surface area contributed by atoms with Crippen molar-refractivity contribution in [1.82, 2.24) is 9.97 Å². The van der Waals surface area contributed by atoms with Gasteiger partial charge in [0.2, 0.25) is 0 Å². The number of nitrogens with one attached hydrogen (secondary N) is 1. The summed E-state index contributed by atoms with van der Waals surface area (Å²) in [4.78, 5) is 11.6. The molecule has 17 heavy (non-hydrogen) atoms. The van der Waals surface area contributed by atoms with Crippen LogP contribution in [0.15, 0.2) is 12.1 Å². The molecule has 4 heteroatoms. The van der Waals surface area contributed by atoms with Crippen LogP contribution in [0.5, 0.6) is 0 Å². The van der Waals surface area contributed by atoms with Crippen LogP contribution in [-0.2, 0) is 6.42 Å². The van der Waals surface area contributed by atoms with E-state index in [4.69, 9.17) is 0 Å². The lowest BCUT2D eigenvalue weighted by Crippen LogP contribution is -2.04. The molecule has 0 radical (unpaired) electrons. The molecule has 0 bridgehead atoms. The standard InChI is InChI=1S/C13H17N3S/c1-5-10-9(3)15-13(16-12(10)14-4)11-7-6-8(2)17-11/h6-7H,5H2,1-4H3,(H,14,15,16). The summed E-state index contributed by atoms with van der Waals surface area (Å²) < 4.78 is 0. The Morgan fingerprint density at radius 2 is 2.00 bits per heavy atom. The number of rotatable bonds is 3. The second kappa shape index (κ2) is 4.84. The van der Waals surface area contributed by atoms with E-state index in [0.29, 0.717) is 0 Å². The van der Waals surface area contributed by atoms with Crippen molar-refractivity contribution in [2.24, 2.45) is 0 Å². The molecule has 3 nitrogen and oxygen atoms in total. The van der Waals surface area contributed by atoms with Crippen LogP contribution in [0.2, 0.25) is 0 Å². The van der Waals surface area contributed by atoms with Gasteiger partial charge in [-0.05, 0) is 32.4 Å². The first-order chi connectivity index (χ1) is 8.15. The van der Waals surface area contributed by atoms with Gasteiger partial charge in [0.15, 0.2) is 5.82 Å². The molecule has 0 spiro atoms. The highest BCUT2D eigenvalue weighted by Crippen LogP contribution is 2.27. The normalized spacial score (nSPS) is 10.6. The molecular weight excluding hydrogens is 230 g/mol. The number of aryl methyl sites for hydroxylation is 2. The molecule has 2 aromatic rings. The average Bonchev–Trinajstić information content (AvgIpc) is 2.74. The van der Waals surface area contributed by atoms with Gasteiger partial charge in [-0.1, -0.05) is 6.92 Å². The molecule has 0 aliphatic rings. The van der Waals surface area contributed by atoms with Gasteiger partial charge in [-0.2, -0.15) is 0 Å². The Labute approximate surface area is 106 Å². The third kappa shape index (κ3) is 2.31. The van der Waals surface area contributed by atoms with Crippen LogP contribution in [0.4, 0.5) is 5.82 Å². The van der Waals surface area contributed by atoms with Crippen molar-refractivity contribution in [3.05, 3.63) is 28.3 Å². The first kappa shape index (κ1) is 12.0. The third-order valence-corrected chi connectivity index (χ3v) is 3.76. The lowest BCUT2D eigenvalue weighted by molar-refractivity contribution is 1.00. The Kier molecular flexibility index (Phi) is 3.43. The zero-order valence-corrected chi connectivity index (χ0v) is 11.5. The Hall–Kier alpha value is -1.42. The van der Waals surface area contributed by atoms with Crippen molar-refractivity contribution < 1.29 is 0 Å². The van der Waals surface area contributed by atoms with E-state index in [1.165, 1.54) is 10.4 Å². The number of hydrogen-bond acceptors (Lipinski definition) is 4. The van der Waals surface area contributed by atoms with E-state index in [1.807, 2.05) is 14.0 Å². The lowest BCUT2D eigenvalue weighted by atomic mass is 10.1. The van der Waals surface area contributed by atoms with E-state index >= 15 is 0 Å². The van der Waals surface area contributed by atoms with Gasteiger partial charge in [0.25, 0.3) is 0 Å². The fourth-order valence-electron chi connectivity index (χ4n) is 1.89. The molecule has 0 amide bonds. The summed E-state index contributed by atoms with van der Waals surface area (Å²) in [6, 6.07) is 4.19. The zero-order chi connectivity index (χ0) is 12.4. The second-order valence-electron chi connectivity index (χ2n) is 3.97. The number of aromatic nitrogens is 2. The Balaban J connectivity index is 2.53. The summed E-state index contributed by atoms with van der Waals surface area (Å²) >= 11 is 1.73. The van der Waals surface area contributed by atoms with Crippen LogP contribution in [0.25, 0.3) is 10.7 Å². The van der Waals surface area contributed by atoms with E-state index in [9.17, 15) is 0 Å². The van der Waals surface area contributed by atoms with Crippen LogP contribution in [0.1, 0.15) is 23.1 Å². The quantitative estimate of drug-likeness (QED) is 0.903. The smallest absolute Gasteiger partial charge is 0.171 e. The van der Waals surface area contributed by atoms with E-state index in [2.05, 4.69) is 41.3 Å². The summed E-state index contributed by atoms with van der Waals surface area (Å²) in [6.45, 7) is 6.27. The van der Waals surface area contributed by atoms with Gasteiger partial charge in [0, 0.05) is 23.2 Å². The summed E-state index contributed by atoms with van der Waals surface area (Å²) in [6.07, 6.45) is 0.950. The van der Waals surface area contributed by atoms with Crippen molar-refractivity contribution in [1.29, 1.82) is 0 Å². The minimum absolute atomic E-state index is 0.821. The first-order valence-corrected chi connectivity index (χ1v) is 6.59. The molecule has 2 rings (SSSR count). The molecule has 2 aromatic heterocycles. The van der Waals surface area contributed by atoms with Crippen LogP contribution < -0.4 is 5.32 Å². The molecule has 0 fully saturated rings. The molecule has 0 unspecified atom stereocenters. The van der Waals surface area contributed by atoms with Crippen LogP contribution >= 0.6 is 11.3 Å². The minimum atomic E-state index is 0.821. The van der Waals surface area contributed by atoms with Crippen molar-refractivity contribution in [3.8, 4) is 10.7 Å². The molecule has 0 atom stereocenters. The van der Waals surface area contributed by atoms with Crippen LogP contribution in [-0.4, -0.2) is 17.0 Å². The van der Waals surface area contributed by atoms with Crippen LogP contribution in [0.3, 0.4) is 0 Å². The van der Waals surface area contributed by atoms with Gasteiger partial charge < -0.3 is 5.32 Å². The predicted octanol–water partition coefficient (Wildman–Crippen LogP) is 3.43. The van der Waals surface area contributed by atoms with Crippen molar-refractivity contribution >= 4 is 17.2 Å². The summed E-state index contributed by atoms with van der Waals surface area (Å²) in [5.74, 6) is 1.77. The molecule has 0 aromatic carbocycles. The van der Waals surface area contributed by atoms with E-state index in [0.717, 1.165) is 28.6 Å². The minimum Gasteiger partial charge on any atom is -0.373 e. The van der Waals surface area contributed by atoms with E-state index in [1.54, 1.807) is 11.3 Å². The van der Waals surface area contributed by atoms with Gasteiger partial charge in [0.1, 0.15) is 5.82 Å². The number of hydrogen-bond donors (Lipinski definition) is 1. The fourth-order valence-corrected chi connectivity index (χ4v) is 2.69. The van der Waals surface area contributed by atoms with Gasteiger partial charge in [-0.15, -0.1) is 11.3 Å². The molecule has 0 aliphatic carbocycles. The topological polar surface area (TPSA) is 37.8 Å². The zero-order valence-electron chi connectivity index (χ0n) is 10.7. The molecule has 0 saturated heterocycles. The van der Waals surface area contributed by atoms with Crippen molar-refractivity contribution in [3.63, 3.8) is 0 Å². The number of anilines is 1. The SMILES string of the molecule is CCc1c(C)nc(-c2ccc(C)s2)nc1NC. The average molecular weight is 247 g/mol. The van der Waals surface area contributed by atoms with E-state index < -0.39 is 0 Å². The highest BCUT2D eigenvalue weighted by molar-refractivity contribution is 7.15.